The summed E-state index contributed by atoms with van der Waals surface area (Å²) in [7, 11) is 0. The van der Waals surface area contributed by atoms with Gasteiger partial charge in [-0.2, -0.15) is 0 Å². The highest BCUT2D eigenvalue weighted by atomic mass is 16.5. The van der Waals surface area contributed by atoms with E-state index in [1.54, 1.807) is 0 Å². The van der Waals surface area contributed by atoms with Crippen molar-refractivity contribution in [1.82, 2.24) is 9.80 Å². The number of ether oxygens (including phenoxy) is 1. The minimum absolute atomic E-state index is 0.356. The molecule has 108 valence electrons. The highest BCUT2D eigenvalue weighted by Crippen LogP contribution is 2.28. The maximum absolute atomic E-state index is 12.3. The molecular formula is C15H26N2O2. The second kappa shape index (κ2) is 6.23. The molecule has 0 bridgehead atoms. The monoisotopic (exact) mass is 266 g/mol. The normalized spacial score (nSPS) is 30.1. The van der Waals surface area contributed by atoms with E-state index in [4.69, 9.17) is 4.74 Å². The summed E-state index contributed by atoms with van der Waals surface area (Å²) in [5.74, 6) is 1.50. The van der Waals surface area contributed by atoms with E-state index in [9.17, 15) is 4.79 Å². The molecule has 1 saturated carbocycles. The Morgan fingerprint density at radius 2 is 1.95 bits per heavy atom. The predicted molar refractivity (Wildman–Crippen MR) is 73.9 cm³/mol. The van der Waals surface area contributed by atoms with E-state index in [0.29, 0.717) is 17.7 Å². The maximum atomic E-state index is 12.3. The second-order valence-electron chi connectivity index (χ2n) is 6.34. The van der Waals surface area contributed by atoms with E-state index < -0.39 is 0 Å². The number of nitrogens with zero attached hydrogens (tertiary/aromatic N) is 2. The molecule has 0 spiro atoms. The molecule has 4 nitrogen and oxygen atoms in total. The Hall–Kier alpha value is -0.610. The van der Waals surface area contributed by atoms with Crippen molar-refractivity contribution in [2.75, 3.05) is 45.9 Å². The Morgan fingerprint density at radius 1 is 1.05 bits per heavy atom. The lowest BCUT2D eigenvalue weighted by molar-refractivity contribution is -0.138. The Bertz CT molecular complexity index is 311. The van der Waals surface area contributed by atoms with Crippen molar-refractivity contribution in [2.24, 2.45) is 11.8 Å². The lowest BCUT2D eigenvalue weighted by Crippen LogP contribution is -2.41. The predicted octanol–water partition coefficient (Wildman–Crippen LogP) is 1.36. The van der Waals surface area contributed by atoms with Gasteiger partial charge in [0.05, 0.1) is 6.61 Å². The zero-order chi connectivity index (χ0) is 13.1. The van der Waals surface area contributed by atoms with Crippen molar-refractivity contribution in [3.63, 3.8) is 0 Å². The van der Waals surface area contributed by atoms with E-state index in [-0.39, 0.29) is 0 Å². The first-order valence-electron chi connectivity index (χ1n) is 7.92. The van der Waals surface area contributed by atoms with Crippen molar-refractivity contribution >= 4 is 5.91 Å². The average Bonchev–Trinajstić information content (AvgIpc) is 2.72. The third kappa shape index (κ3) is 3.29. The quantitative estimate of drug-likeness (QED) is 0.773. The standard InChI is InChI=1S/C15H26N2O2/c18-15(14-3-1-4-14)17-7-2-6-16(8-9-17)11-13-5-10-19-12-13/h13-14H,1-12H2/t13-/m1/s1. The maximum Gasteiger partial charge on any atom is 0.225 e. The van der Waals surface area contributed by atoms with E-state index in [0.717, 1.165) is 65.2 Å². The molecule has 3 fully saturated rings. The van der Waals surface area contributed by atoms with E-state index >= 15 is 0 Å². The number of hydrogen-bond donors (Lipinski definition) is 0. The molecule has 1 amide bonds. The summed E-state index contributed by atoms with van der Waals surface area (Å²) >= 11 is 0. The van der Waals surface area contributed by atoms with Gasteiger partial charge in [0.1, 0.15) is 0 Å². The first-order chi connectivity index (χ1) is 9.33. The first kappa shape index (κ1) is 13.4. The van der Waals surface area contributed by atoms with Gasteiger partial charge in [-0.25, -0.2) is 0 Å². The summed E-state index contributed by atoms with van der Waals surface area (Å²) in [5, 5.41) is 0. The SMILES string of the molecule is O=C(C1CCC1)N1CCCN(C[C@H]2CCOC2)CC1. The molecule has 3 aliphatic rings. The lowest BCUT2D eigenvalue weighted by atomic mass is 9.84. The largest absolute Gasteiger partial charge is 0.381 e. The van der Waals surface area contributed by atoms with Crippen LogP contribution in [0.1, 0.15) is 32.1 Å². The molecule has 0 aromatic carbocycles. The number of carbonyl (C=O) groups is 1. The fraction of sp³-hybridized carbons (Fsp3) is 0.933. The second-order valence-corrected chi connectivity index (χ2v) is 6.34. The number of carbonyl (C=O) groups excluding carboxylic acids is 1. The van der Waals surface area contributed by atoms with Crippen LogP contribution in [0.5, 0.6) is 0 Å². The van der Waals surface area contributed by atoms with Crippen LogP contribution in [0.4, 0.5) is 0 Å². The van der Waals surface area contributed by atoms with Crippen molar-refractivity contribution < 1.29 is 9.53 Å². The van der Waals surface area contributed by atoms with Gasteiger partial charge >= 0.3 is 0 Å². The van der Waals surface area contributed by atoms with Gasteiger partial charge in [-0.1, -0.05) is 6.42 Å². The van der Waals surface area contributed by atoms with Gasteiger partial charge in [-0.3, -0.25) is 4.79 Å². The Balaban J connectivity index is 1.46. The van der Waals surface area contributed by atoms with Gasteiger partial charge in [-0.05, 0) is 38.1 Å². The summed E-state index contributed by atoms with van der Waals surface area (Å²) in [4.78, 5) is 16.9. The summed E-state index contributed by atoms with van der Waals surface area (Å²) in [6.45, 7) is 7.12. The molecule has 3 rings (SSSR count). The van der Waals surface area contributed by atoms with Gasteiger partial charge in [0.25, 0.3) is 0 Å². The van der Waals surface area contributed by atoms with Crippen molar-refractivity contribution in [2.45, 2.75) is 32.1 Å². The van der Waals surface area contributed by atoms with Crippen LogP contribution in [0.3, 0.4) is 0 Å². The molecule has 0 unspecified atom stereocenters. The minimum atomic E-state index is 0.356. The fourth-order valence-electron chi connectivity index (χ4n) is 3.38. The van der Waals surface area contributed by atoms with Gasteiger partial charge in [0, 0.05) is 38.7 Å². The lowest BCUT2D eigenvalue weighted by Gasteiger charge is -2.31. The molecule has 0 N–H and O–H groups in total. The van der Waals surface area contributed by atoms with Crippen LogP contribution in [0, 0.1) is 11.8 Å². The third-order valence-electron chi connectivity index (χ3n) is 4.89. The van der Waals surface area contributed by atoms with Crippen LogP contribution in [0.2, 0.25) is 0 Å². The molecular weight excluding hydrogens is 240 g/mol. The number of hydrogen-bond acceptors (Lipinski definition) is 3. The van der Waals surface area contributed by atoms with Crippen LogP contribution >= 0.6 is 0 Å². The van der Waals surface area contributed by atoms with E-state index in [1.807, 2.05) is 0 Å². The smallest absolute Gasteiger partial charge is 0.225 e. The van der Waals surface area contributed by atoms with E-state index in [1.165, 1.54) is 12.8 Å². The van der Waals surface area contributed by atoms with Crippen molar-refractivity contribution in [3.8, 4) is 0 Å². The molecule has 2 aliphatic heterocycles. The average molecular weight is 266 g/mol. The summed E-state index contributed by atoms with van der Waals surface area (Å²) in [6, 6.07) is 0. The van der Waals surface area contributed by atoms with Crippen molar-refractivity contribution in [1.29, 1.82) is 0 Å². The third-order valence-corrected chi connectivity index (χ3v) is 4.89. The molecule has 19 heavy (non-hydrogen) atoms. The van der Waals surface area contributed by atoms with Crippen LogP contribution in [-0.2, 0) is 9.53 Å². The number of amides is 1. The summed E-state index contributed by atoms with van der Waals surface area (Å²) < 4.78 is 5.45. The molecule has 2 saturated heterocycles. The van der Waals surface area contributed by atoms with E-state index in [2.05, 4.69) is 9.80 Å². The van der Waals surface area contributed by atoms with Gasteiger partial charge < -0.3 is 14.5 Å². The summed E-state index contributed by atoms with van der Waals surface area (Å²) in [6.07, 6.45) is 5.84. The highest BCUT2D eigenvalue weighted by Gasteiger charge is 2.30. The van der Waals surface area contributed by atoms with Gasteiger partial charge in [0.2, 0.25) is 5.91 Å². The van der Waals surface area contributed by atoms with Gasteiger partial charge in [-0.15, -0.1) is 0 Å². The highest BCUT2D eigenvalue weighted by molar-refractivity contribution is 5.79. The Kier molecular flexibility index (Phi) is 4.38. The summed E-state index contributed by atoms with van der Waals surface area (Å²) in [5.41, 5.74) is 0. The van der Waals surface area contributed by atoms with Crippen LogP contribution in [-0.4, -0.2) is 61.6 Å². The van der Waals surface area contributed by atoms with Crippen molar-refractivity contribution in [3.05, 3.63) is 0 Å². The molecule has 1 aliphatic carbocycles. The van der Waals surface area contributed by atoms with Crippen LogP contribution in [0.15, 0.2) is 0 Å². The molecule has 4 heteroatoms. The molecule has 0 aromatic rings. The molecule has 0 aromatic heterocycles. The fourth-order valence-corrected chi connectivity index (χ4v) is 3.38. The Labute approximate surface area is 116 Å². The molecule has 2 heterocycles. The Morgan fingerprint density at radius 3 is 2.63 bits per heavy atom. The van der Waals surface area contributed by atoms with Gasteiger partial charge in [0.15, 0.2) is 0 Å². The minimum Gasteiger partial charge on any atom is -0.381 e. The first-order valence-corrected chi connectivity index (χ1v) is 7.92. The van der Waals surface area contributed by atoms with Crippen LogP contribution in [0.25, 0.3) is 0 Å². The van der Waals surface area contributed by atoms with Crippen LogP contribution < -0.4 is 0 Å². The zero-order valence-corrected chi connectivity index (χ0v) is 11.9. The number of rotatable bonds is 3. The molecule has 1 atom stereocenters. The molecule has 0 radical (unpaired) electrons. The topological polar surface area (TPSA) is 32.8 Å². The zero-order valence-electron chi connectivity index (χ0n) is 11.9.